The molecule has 14 heteroatoms. The van der Waals surface area contributed by atoms with Gasteiger partial charge in [-0.2, -0.15) is 0 Å². The SMILES string of the molecule is C=CC(=O)N[C@@H](C(=O)N[C@H](CCCNC(N)=O)C(=O)Nc1ccc(COC(=O)N(C)[C@H](C(=O)NC)C(C)C)cc1)C(C)C. The number of carbonyl (C=O) groups is 6. The molecule has 0 radical (unpaired) electrons. The Morgan fingerprint density at radius 1 is 0.953 bits per heavy atom. The number of nitrogens with two attached hydrogens (primary N) is 1. The molecule has 0 aliphatic rings. The van der Waals surface area contributed by atoms with Crippen molar-refractivity contribution in [2.45, 2.75) is 65.3 Å². The molecule has 0 spiro atoms. The van der Waals surface area contributed by atoms with E-state index >= 15 is 0 Å². The van der Waals surface area contributed by atoms with Gasteiger partial charge in [-0.05, 0) is 48.4 Å². The smallest absolute Gasteiger partial charge is 0.410 e. The van der Waals surface area contributed by atoms with Gasteiger partial charge in [0.05, 0.1) is 0 Å². The first kappa shape index (κ1) is 36.4. The Morgan fingerprint density at radius 3 is 2.09 bits per heavy atom. The summed E-state index contributed by atoms with van der Waals surface area (Å²) in [6.07, 6.45) is 0.905. The quantitative estimate of drug-likeness (QED) is 0.120. The number of carbonyl (C=O) groups excluding carboxylic acids is 6. The van der Waals surface area contributed by atoms with Crippen LogP contribution in [0.5, 0.6) is 0 Å². The van der Waals surface area contributed by atoms with Crippen molar-refractivity contribution in [1.29, 1.82) is 0 Å². The molecule has 0 heterocycles. The van der Waals surface area contributed by atoms with Crippen LogP contribution in [-0.4, -0.2) is 79.4 Å². The summed E-state index contributed by atoms with van der Waals surface area (Å²) in [6.45, 7) is 10.7. The molecule has 1 aromatic carbocycles. The van der Waals surface area contributed by atoms with Gasteiger partial charge in [0.1, 0.15) is 24.7 Å². The lowest BCUT2D eigenvalue weighted by Crippen LogP contribution is -2.54. The van der Waals surface area contributed by atoms with E-state index in [4.69, 9.17) is 10.5 Å². The highest BCUT2D eigenvalue weighted by Crippen LogP contribution is 2.15. The zero-order valence-corrected chi connectivity index (χ0v) is 25.7. The van der Waals surface area contributed by atoms with Gasteiger partial charge in [0, 0.05) is 26.3 Å². The molecule has 1 rings (SSSR count). The van der Waals surface area contributed by atoms with Crippen LogP contribution in [0.4, 0.5) is 15.3 Å². The maximum absolute atomic E-state index is 13.2. The molecule has 0 saturated heterocycles. The minimum absolute atomic E-state index is 0.0610. The Balaban J connectivity index is 2.91. The van der Waals surface area contributed by atoms with Gasteiger partial charge in [-0.1, -0.05) is 46.4 Å². The van der Waals surface area contributed by atoms with Crippen molar-refractivity contribution < 1.29 is 33.5 Å². The van der Waals surface area contributed by atoms with Gasteiger partial charge in [0.15, 0.2) is 0 Å². The number of benzene rings is 1. The first-order chi connectivity index (χ1) is 20.2. The van der Waals surface area contributed by atoms with Gasteiger partial charge in [-0.15, -0.1) is 0 Å². The van der Waals surface area contributed by atoms with Gasteiger partial charge in [0.2, 0.25) is 23.6 Å². The number of amides is 7. The van der Waals surface area contributed by atoms with E-state index in [1.54, 1.807) is 38.1 Å². The molecule has 3 atom stereocenters. The highest BCUT2D eigenvalue weighted by molar-refractivity contribution is 5.99. The first-order valence-electron chi connectivity index (χ1n) is 14.0. The summed E-state index contributed by atoms with van der Waals surface area (Å²) in [5.74, 6) is -2.29. The van der Waals surface area contributed by atoms with Crippen molar-refractivity contribution >= 4 is 41.4 Å². The van der Waals surface area contributed by atoms with Crippen LogP contribution in [0, 0.1) is 11.8 Å². The van der Waals surface area contributed by atoms with Crippen molar-refractivity contribution in [2.75, 3.05) is 26.0 Å². The second kappa shape index (κ2) is 18.0. The summed E-state index contributed by atoms with van der Waals surface area (Å²) in [7, 11) is 3.00. The number of anilines is 1. The van der Waals surface area contributed by atoms with Crippen LogP contribution in [0.1, 0.15) is 46.1 Å². The number of nitrogens with zero attached hydrogens (tertiary/aromatic N) is 1. The van der Waals surface area contributed by atoms with E-state index in [9.17, 15) is 28.8 Å². The van der Waals surface area contributed by atoms with Crippen molar-refractivity contribution in [3.63, 3.8) is 0 Å². The Kier molecular flexibility index (Phi) is 15.3. The summed E-state index contributed by atoms with van der Waals surface area (Å²) in [6, 6.07) is 3.25. The molecule has 0 bridgehead atoms. The van der Waals surface area contributed by atoms with Gasteiger partial charge in [-0.3, -0.25) is 24.1 Å². The maximum Gasteiger partial charge on any atom is 0.410 e. The lowest BCUT2D eigenvalue weighted by molar-refractivity contribution is -0.131. The molecule has 238 valence electrons. The zero-order chi connectivity index (χ0) is 32.7. The lowest BCUT2D eigenvalue weighted by atomic mass is 10.0. The molecule has 0 aliphatic carbocycles. The summed E-state index contributed by atoms with van der Waals surface area (Å²) in [4.78, 5) is 75.0. The number of ether oxygens (including phenoxy) is 1. The van der Waals surface area contributed by atoms with Crippen LogP contribution in [0.25, 0.3) is 0 Å². The van der Waals surface area contributed by atoms with Gasteiger partial charge < -0.3 is 37.1 Å². The summed E-state index contributed by atoms with van der Waals surface area (Å²) < 4.78 is 5.36. The predicted octanol–water partition coefficient (Wildman–Crippen LogP) is 1.22. The number of likely N-dealkylation sites (N-methyl/N-ethyl adjacent to an activating group) is 2. The fourth-order valence-electron chi connectivity index (χ4n) is 4.14. The number of primary amides is 1. The number of hydrogen-bond donors (Lipinski definition) is 6. The third-order valence-electron chi connectivity index (χ3n) is 6.47. The van der Waals surface area contributed by atoms with E-state index in [-0.39, 0.29) is 37.3 Å². The summed E-state index contributed by atoms with van der Waals surface area (Å²) in [5.41, 5.74) is 6.16. The number of rotatable bonds is 16. The number of hydrogen-bond acceptors (Lipinski definition) is 7. The molecule has 1 aromatic rings. The van der Waals surface area contributed by atoms with E-state index in [0.29, 0.717) is 17.7 Å². The largest absolute Gasteiger partial charge is 0.445 e. The van der Waals surface area contributed by atoms with Crippen LogP contribution >= 0.6 is 0 Å². The lowest BCUT2D eigenvalue weighted by Gasteiger charge is -2.28. The second-order valence-corrected chi connectivity index (χ2v) is 10.6. The molecular weight excluding hydrogens is 558 g/mol. The van der Waals surface area contributed by atoms with Crippen LogP contribution in [0.3, 0.4) is 0 Å². The second-order valence-electron chi connectivity index (χ2n) is 10.6. The summed E-state index contributed by atoms with van der Waals surface area (Å²) in [5, 5.41) is 13.0. The molecule has 43 heavy (non-hydrogen) atoms. The molecule has 0 fully saturated rings. The fourth-order valence-corrected chi connectivity index (χ4v) is 4.14. The first-order valence-corrected chi connectivity index (χ1v) is 14.0. The molecule has 14 nitrogen and oxygen atoms in total. The highest BCUT2D eigenvalue weighted by atomic mass is 16.6. The third kappa shape index (κ3) is 12.4. The maximum atomic E-state index is 13.2. The molecule has 0 aromatic heterocycles. The van der Waals surface area contributed by atoms with Crippen LogP contribution in [-0.2, 0) is 30.5 Å². The average molecular weight is 604 g/mol. The van der Waals surface area contributed by atoms with Crippen LogP contribution in [0.2, 0.25) is 0 Å². The number of nitrogens with one attached hydrogen (secondary N) is 5. The third-order valence-corrected chi connectivity index (χ3v) is 6.47. The molecule has 0 unspecified atom stereocenters. The van der Waals surface area contributed by atoms with E-state index in [1.807, 2.05) is 13.8 Å². The van der Waals surface area contributed by atoms with E-state index in [1.165, 1.54) is 19.0 Å². The Bertz CT molecular complexity index is 1140. The average Bonchev–Trinajstić information content (AvgIpc) is 2.95. The minimum Gasteiger partial charge on any atom is -0.445 e. The molecule has 0 aliphatic heterocycles. The van der Waals surface area contributed by atoms with Crippen molar-refractivity contribution in [2.24, 2.45) is 17.6 Å². The standard InChI is InChI=1S/C29H45N7O7/c1-8-22(37)35-23(17(2)3)26(39)34-21(10-9-15-32-28(30)41)25(38)33-20-13-11-19(12-14-20)16-43-29(42)36(7)24(18(4)5)27(40)31-6/h8,11-14,17-18,21,23-24H,1,9-10,15-16H2,2-7H3,(H,31,40)(H,33,38)(H,34,39)(H,35,37)(H3,30,32,41)/t21-,23-,24+/m1/s1. The van der Waals surface area contributed by atoms with Crippen molar-refractivity contribution in [3.05, 3.63) is 42.5 Å². The van der Waals surface area contributed by atoms with Crippen LogP contribution < -0.4 is 32.3 Å². The number of urea groups is 1. The fraction of sp³-hybridized carbons (Fsp3) is 0.517. The Labute approximate surface area is 252 Å². The van der Waals surface area contributed by atoms with E-state index in [2.05, 4.69) is 33.2 Å². The summed E-state index contributed by atoms with van der Waals surface area (Å²) >= 11 is 0. The minimum atomic E-state index is -0.991. The Hall–Kier alpha value is -4.62. The predicted molar refractivity (Wildman–Crippen MR) is 161 cm³/mol. The Morgan fingerprint density at radius 2 is 1.58 bits per heavy atom. The molecule has 7 N–H and O–H groups in total. The normalized spacial score (nSPS) is 12.7. The monoisotopic (exact) mass is 603 g/mol. The van der Waals surface area contributed by atoms with Crippen LogP contribution in [0.15, 0.2) is 36.9 Å². The van der Waals surface area contributed by atoms with Gasteiger partial charge in [0.25, 0.3) is 0 Å². The van der Waals surface area contributed by atoms with Gasteiger partial charge >= 0.3 is 12.1 Å². The van der Waals surface area contributed by atoms with Gasteiger partial charge in [-0.25, -0.2) is 9.59 Å². The molecule has 7 amide bonds. The zero-order valence-electron chi connectivity index (χ0n) is 25.7. The molecule has 0 saturated carbocycles. The van der Waals surface area contributed by atoms with Crippen molar-refractivity contribution in [1.82, 2.24) is 26.2 Å². The highest BCUT2D eigenvalue weighted by Gasteiger charge is 2.30. The molecular formula is C29H45N7O7. The van der Waals surface area contributed by atoms with E-state index < -0.39 is 48.0 Å². The topological polar surface area (TPSA) is 201 Å². The van der Waals surface area contributed by atoms with E-state index in [0.717, 1.165) is 6.08 Å². The van der Waals surface area contributed by atoms with Crippen molar-refractivity contribution in [3.8, 4) is 0 Å².